The SMILES string of the molecule is CCC(=O)N(O)C(C(=O)O)C(C(=O)O)c1cc(C(C)(C)C)c(O)c(C(C)(C)C)c1. The number of amides is 1. The van der Waals surface area contributed by atoms with Gasteiger partial charge in [-0.15, -0.1) is 0 Å². The third-order valence-corrected chi connectivity index (χ3v) is 4.76. The molecule has 0 aliphatic rings. The van der Waals surface area contributed by atoms with E-state index in [0.29, 0.717) is 11.1 Å². The number of rotatable bonds is 6. The maximum atomic E-state index is 12.1. The van der Waals surface area contributed by atoms with Crippen molar-refractivity contribution < 1.29 is 34.9 Å². The van der Waals surface area contributed by atoms with Crippen molar-refractivity contribution in [1.82, 2.24) is 5.06 Å². The largest absolute Gasteiger partial charge is 0.507 e. The number of aromatic hydroxyl groups is 1. The zero-order valence-electron chi connectivity index (χ0n) is 18.0. The minimum absolute atomic E-state index is 0.00949. The van der Waals surface area contributed by atoms with Crippen molar-refractivity contribution in [1.29, 1.82) is 0 Å². The van der Waals surface area contributed by atoms with E-state index in [0.717, 1.165) is 0 Å². The average Bonchev–Trinajstić information content (AvgIpc) is 2.55. The molecule has 8 heteroatoms. The molecule has 1 aromatic carbocycles. The number of phenols is 1. The van der Waals surface area contributed by atoms with Gasteiger partial charge >= 0.3 is 11.9 Å². The van der Waals surface area contributed by atoms with Crippen LogP contribution in [0.1, 0.15) is 77.5 Å². The number of phenolic OH excluding ortho intramolecular Hbond substituents is 1. The zero-order valence-corrected chi connectivity index (χ0v) is 18.0. The number of carbonyl (C=O) groups excluding carboxylic acids is 1. The Morgan fingerprint density at radius 3 is 1.62 bits per heavy atom. The van der Waals surface area contributed by atoms with Gasteiger partial charge in [0.05, 0.1) is 0 Å². The molecule has 0 aromatic heterocycles. The fourth-order valence-electron chi connectivity index (χ4n) is 3.15. The van der Waals surface area contributed by atoms with Crippen LogP contribution in [0.4, 0.5) is 0 Å². The first-order valence-electron chi connectivity index (χ1n) is 9.38. The highest BCUT2D eigenvalue weighted by Gasteiger charge is 2.42. The Morgan fingerprint density at radius 2 is 1.34 bits per heavy atom. The maximum absolute atomic E-state index is 12.1. The number of carbonyl (C=O) groups is 3. The lowest BCUT2D eigenvalue weighted by molar-refractivity contribution is -0.190. The first-order valence-corrected chi connectivity index (χ1v) is 9.38. The highest BCUT2D eigenvalue weighted by Crippen LogP contribution is 2.42. The molecule has 1 amide bonds. The van der Waals surface area contributed by atoms with E-state index in [1.807, 2.05) is 41.5 Å². The summed E-state index contributed by atoms with van der Waals surface area (Å²) in [6, 6.07) is 0.845. The second-order valence-electron chi connectivity index (χ2n) is 9.16. The van der Waals surface area contributed by atoms with Crippen LogP contribution in [0, 0.1) is 0 Å². The number of hydrogen-bond acceptors (Lipinski definition) is 5. The molecule has 8 nitrogen and oxygen atoms in total. The molecule has 2 atom stereocenters. The summed E-state index contributed by atoms with van der Waals surface area (Å²) < 4.78 is 0. The molecular weight excluding hydrogens is 378 g/mol. The van der Waals surface area contributed by atoms with Gasteiger partial charge in [0.1, 0.15) is 11.7 Å². The summed E-state index contributed by atoms with van der Waals surface area (Å²) in [6.07, 6.45) is -0.192. The van der Waals surface area contributed by atoms with E-state index >= 15 is 0 Å². The normalized spacial score (nSPS) is 14.2. The summed E-state index contributed by atoms with van der Waals surface area (Å²) in [5.41, 5.74) is -0.163. The summed E-state index contributed by atoms with van der Waals surface area (Å²) in [5, 5.41) is 40.4. The van der Waals surface area contributed by atoms with Crippen LogP contribution >= 0.6 is 0 Å². The fraction of sp³-hybridized carbons (Fsp3) is 0.571. The van der Waals surface area contributed by atoms with Gasteiger partial charge in [0, 0.05) is 6.42 Å². The Morgan fingerprint density at radius 1 is 0.931 bits per heavy atom. The molecule has 0 radical (unpaired) electrons. The molecule has 0 fully saturated rings. The van der Waals surface area contributed by atoms with Gasteiger partial charge in [-0.05, 0) is 27.5 Å². The van der Waals surface area contributed by atoms with Gasteiger partial charge < -0.3 is 15.3 Å². The monoisotopic (exact) mass is 409 g/mol. The molecule has 29 heavy (non-hydrogen) atoms. The highest BCUT2D eigenvalue weighted by atomic mass is 16.5. The minimum atomic E-state index is -2.02. The number of carboxylic acid groups (broad SMARTS) is 2. The van der Waals surface area contributed by atoms with Crippen molar-refractivity contribution in [3.63, 3.8) is 0 Å². The third-order valence-electron chi connectivity index (χ3n) is 4.76. The number of aliphatic carboxylic acids is 2. The van der Waals surface area contributed by atoms with Crippen molar-refractivity contribution >= 4 is 17.8 Å². The van der Waals surface area contributed by atoms with E-state index < -0.39 is 40.6 Å². The molecule has 0 aliphatic carbocycles. The van der Waals surface area contributed by atoms with Gasteiger partial charge in [0.25, 0.3) is 0 Å². The van der Waals surface area contributed by atoms with Crippen LogP contribution in [0.2, 0.25) is 0 Å². The Kier molecular flexibility index (Phi) is 7.08. The lowest BCUT2D eigenvalue weighted by Crippen LogP contribution is -2.48. The van der Waals surface area contributed by atoms with E-state index in [1.54, 1.807) is 0 Å². The number of nitrogens with zero attached hydrogens (tertiary/aromatic N) is 1. The number of carboxylic acids is 2. The predicted octanol–water partition coefficient (Wildman–Crippen LogP) is 3.24. The third kappa shape index (κ3) is 5.26. The van der Waals surface area contributed by atoms with E-state index in [2.05, 4.69) is 0 Å². The Balaban J connectivity index is 3.86. The first kappa shape index (κ1) is 24.4. The molecule has 0 spiro atoms. The van der Waals surface area contributed by atoms with Crippen LogP contribution in [-0.2, 0) is 25.2 Å². The van der Waals surface area contributed by atoms with Crippen LogP contribution in [0.3, 0.4) is 0 Å². The van der Waals surface area contributed by atoms with Crippen molar-refractivity contribution in [3.05, 3.63) is 28.8 Å². The summed E-state index contributed by atoms with van der Waals surface area (Å²) in [7, 11) is 0. The number of hydroxylamine groups is 2. The molecule has 162 valence electrons. The lowest BCUT2D eigenvalue weighted by atomic mass is 9.76. The molecule has 1 rings (SSSR count). The second kappa shape index (κ2) is 8.41. The molecular formula is C21H31NO7. The lowest BCUT2D eigenvalue weighted by Gasteiger charge is -2.32. The first-order chi connectivity index (χ1) is 13.0. The minimum Gasteiger partial charge on any atom is -0.507 e. The quantitative estimate of drug-likeness (QED) is 0.418. The Bertz CT molecular complexity index is 767. The van der Waals surface area contributed by atoms with Gasteiger partial charge in [-0.1, -0.05) is 60.6 Å². The van der Waals surface area contributed by atoms with Crippen molar-refractivity contribution in [2.75, 3.05) is 0 Å². The second-order valence-corrected chi connectivity index (χ2v) is 9.16. The van der Waals surface area contributed by atoms with Crippen molar-refractivity contribution in [3.8, 4) is 5.75 Å². The predicted molar refractivity (Wildman–Crippen MR) is 106 cm³/mol. The van der Waals surface area contributed by atoms with Crippen molar-refractivity contribution in [2.24, 2.45) is 0 Å². The van der Waals surface area contributed by atoms with Crippen LogP contribution in [0.25, 0.3) is 0 Å². The number of hydrogen-bond donors (Lipinski definition) is 4. The molecule has 0 saturated carbocycles. The standard InChI is InChI=1S/C21H31NO7/c1-8-14(23)22(29)16(19(27)28)15(18(25)26)11-9-12(20(2,3)4)17(24)13(10-11)21(5,6)7/h9-10,15-16,24,29H,8H2,1-7H3,(H,25,26)(H,27,28). The summed E-state index contributed by atoms with van der Waals surface area (Å²) >= 11 is 0. The molecule has 0 bridgehead atoms. The summed E-state index contributed by atoms with van der Waals surface area (Å²) in [6.45, 7) is 12.4. The molecule has 2 unspecified atom stereocenters. The molecule has 4 N–H and O–H groups in total. The summed E-state index contributed by atoms with van der Waals surface area (Å²) in [5.74, 6) is -5.80. The van der Waals surface area contributed by atoms with Gasteiger partial charge in [0.15, 0.2) is 6.04 Å². The van der Waals surface area contributed by atoms with Gasteiger partial charge in [-0.3, -0.25) is 14.8 Å². The molecule has 0 aliphatic heterocycles. The zero-order chi connectivity index (χ0) is 22.9. The van der Waals surface area contributed by atoms with Gasteiger partial charge in [-0.2, -0.15) is 0 Å². The average molecular weight is 409 g/mol. The van der Waals surface area contributed by atoms with Gasteiger partial charge in [0.2, 0.25) is 5.91 Å². The Labute approximate surface area is 170 Å². The van der Waals surface area contributed by atoms with E-state index in [1.165, 1.54) is 19.1 Å². The van der Waals surface area contributed by atoms with E-state index in [9.17, 15) is 34.9 Å². The number of benzene rings is 1. The van der Waals surface area contributed by atoms with Gasteiger partial charge in [-0.25, -0.2) is 9.86 Å². The maximum Gasteiger partial charge on any atom is 0.330 e. The topological polar surface area (TPSA) is 135 Å². The smallest absolute Gasteiger partial charge is 0.330 e. The molecule has 1 aromatic rings. The molecule has 0 heterocycles. The van der Waals surface area contributed by atoms with Crippen LogP contribution < -0.4 is 0 Å². The van der Waals surface area contributed by atoms with Crippen LogP contribution in [0.5, 0.6) is 5.75 Å². The van der Waals surface area contributed by atoms with E-state index in [-0.39, 0.29) is 22.8 Å². The Hall–Kier alpha value is -2.61. The summed E-state index contributed by atoms with van der Waals surface area (Å²) in [4.78, 5) is 35.8. The molecule has 0 saturated heterocycles. The van der Waals surface area contributed by atoms with E-state index in [4.69, 9.17) is 0 Å². The highest BCUT2D eigenvalue weighted by molar-refractivity contribution is 5.90. The van der Waals surface area contributed by atoms with Crippen LogP contribution in [-0.4, -0.2) is 49.5 Å². The van der Waals surface area contributed by atoms with Crippen LogP contribution in [0.15, 0.2) is 12.1 Å². The fourth-order valence-corrected chi connectivity index (χ4v) is 3.15. The van der Waals surface area contributed by atoms with Crippen molar-refractivity contribution in [2.45, 2.75) is 77.7 Å².